The third-order valence-corrected chi connectivity index (χ3v) is 6.93. The highest BCUT2D eigenvalue weighted by molar-refractivity contribution is 7.89. The molecular formula is C20H19N3O5S. The average molecular weight is 413 g/mol. The molecule has 1 N–H and O–H groups in total. The fourth-order valence-corrected chi connectivity index (χ4v) is 5.03. The van der Waals surface area contributed by atoms with Crippen LogP contribution in [-0.4, -0.2) is 55.0 Å². The first kappa shape index (κ1) is 19.3. The van der Waals surface area contributed by atoms with Crippen LogP contribution in [0.3, 0.4) is 0 Å². The van der Waals surface area contributed by atoms with Gasteiger partial charge in [0.2, 0.25) is 15.9 Å². The standard InChI is InChI=1S/C20H19N3O5S/c24-18(13-23-19(25)16-5-1-2-6-17(16)20(23)26)21-14-7-9-15(10-8-14)29(27,28)22-11-3-4-12-22/h1-2,5-10H,3-4,11-13H2,(H,21,24). The highest BCUT2D eigenvalue weighted by atomic mass is 32.2. The molecule has 0 radical (unpaired) electrons. The summed E-state index contributed by atoms with van der Waals surface area (Å²) in [6.45, 7) is 0.613. The van der Waals surface area contributed by atoms with E-state index in [-0.39, 0.29) is 16.0 Å². The van der Waals surface area contributed by atoms with E-state index in [0.29, 0.717) is 18.8 Å². The lowest BCUT2D eigenvalue weighted by atomic mass is 10.1. The highest BCUT2D eigenvalue weighted by Gasteiger charge is 2.36. The highest BCUT2D eigenvalue weighted by Crippen LogP contribution is 2.24. The number of nitrogens with one attached hydrogen (secondary N) is 1. The zero-order chi connectivity index (χ0) is 20.6. The van der Waals surface area contributed by atoms with Crippen LogP contribution < -0.4 is 5.32 Å². The summed E-state index contributed by atoms with van der Waals surface area (Å²) in [5.74, 6) is -1.56. The Morgan fingerprint density at radius 1 is 0.897 bits per heavy atom. The minimum Gasteiger partial charge on any atom is -0.325 e. The Bertz CT molecular complexity index is 1050. The van der Waals surface area contributed by atoms with Gasteiger partial charge in [-0.3, -0.25) is 19.3 Å². The first-order chi connectivity index (χ1) is 13.9. The van der Waals surface area contributed by atoms with Crippen molar-refractivity contribution in [1.82, 2.24) is 9.21 Å². The van der Waals surface area contributed by atoms with E-state index in [0.717, 1.165) is 17.7 Å². The number of fused-ring (bicyclic) bond motifs is 1. The largest absolute Gasteiger partial charge is 0.325 e. The maximum atomic E-state index is 12.5. The summed E-state index contributed by atoms with van der Waals surface area (Å²) in [4.78, 5) is 38.0. The predicted molar refractivity (Wildman–Crippen MR) is 105 cm³/mol. The number of anilines is 1. The van der Waals surface area contributed by atoms with E-state index in [1.165, 1.54) is 28.6 Å². The van der Waals surface area contributed by atoms with Crippen molar-refractivity contribution in [1.29, 1.82) is 0 Å². The van der Waals surface area contributed by atoms with Crippen LogP contribution >= 0.6 is 0 Å². The third-order valence-electron chi connectivity index (χ3n) is 5.02. The molecule has 1 saturated heterocycles. The number of carbonyl (C=O) groups is 3. The molecule has 0 aromatic heterocycles. The van der Waals surface area contributed by atoms with Gasteiger partial charge in [-0.25, -0.2) is 8.42 Å². The second kappa shape index (κ2) is 7.41. The van der Waals surface area contributed by atoms with Gasteiger partial charge in [-0.15, -0.1) is 0 Å². The maximum absolute atomic E-state index is 12.5. The monoisotopic (exact) mass is 413 g/mol. The Balaban J connectivity index is 1.42. The number of nitrogens with zero attached hydrogens (tertiary/aromatic N) is 2. The summed E-state index contributed by atoms with van der Waals surface area (Å²) < 4.78 is 26.5. The number of sulfonamides is 1. The van der Waals surface area contributed by atoms with E-state index in [1.807, 2.05) is 0 Å². The van der Waals surface area contributed by atoms with E-state index in [9.17, 15) is 22.8 Å². The van der Waals surface area contributed by atoms with Crippen LogP contribution in [0.1, 0.15) is 33.6 Å². The Hall–Kier alpha value is -3.04. The molecule has 2 aliphatic rings. The summed E-state index contributed by atoms with van der Waals surface area (Å²) in [5, 5.41) is 2.59. The fraction of sp³-hybridized carbons (Fsp3) is 0.250. The van der Waals surface area contributed by atoms with Crippen LogP contribution in [0.25, 0.3) is 0 Å². The van der Waals surface area contributed by atoms with Crippen LogP contribution in [0.5, 0.6) is 0 Å². The van der Waals surface area contributed by atoms with Crippen LogP contribution in [0, 0.1) is 0 Å². The SMILES string of the molecule is O=C(CN1C(=O)c2ccccc2C1=O)Nc1ccc(S(=O)(=O)N2CCCC2)cc1. The smallest absolute Gasteiger partial charge is 0.262 e. The topological polar surface area (TPSA) is 104 Å². The normalized spacial score (nSPS) is 16.9. The molecule has 0 saturated carbocycles. The van der Waals surface area contributed by atoms with Crippen molar-refractivity contribution in [3.05, 3.63) is 59.7 Å². The molecule has 0 atom stereocenters. The fourth-order valence-electron chi connectivity index (χ4n) is 3.51. The van der Waals surface area contributed by atoms with E-state index < -0.39 is 34.3 Å². The lowest BCUT2D eigenvalue weighted by Gasteiger charge is -2.16. The number of carbonyl (C=O) groups excluding carboxylic acids is 3. The van der Waals surface area contributed by atoms with Crippen LogP contribution in [0.2, 0.25) is 0 Å². The van der Waals surface area contributed by atoms with Gasteiger partial charge in [0.1, 0.15) is 6.54 Å². The zero-order valence-electron chi connectivity index (χ0n) is 15.5. The van der Waals surface area contributed by atoms with Crippen molar-refractivity contribution in [2.45, 2.75) is 17.7 Å². The summed E-state index contributed by atoms with van der Waals surface area (Å²) in [6.07, 6.45) is 1.70. The molecule has 2 aliphatic heterocycles. The van der Waals surface area contributed by atoms with E-state index in [2.05, 4.69) is 5.32 Å². The molecule has 150 valence electrons. The third kappa shape index (κ3) is 3.54. The van der Waals surface area contributed by atoms with E-state index in [4.69, 9.17) is 0 Å². The summed E-state index contributed by atoms with van der Waals surface area (Å²) in [7, 11) is -3.52. The Morgan fingerprint density at radius 2 is 1.45 bits per heavy atom. The molecule has 2 aromatic rings. The van der Waals surface area contributed by atoms with Crippen LogP contribution in [-0.2, 0) is 14.8 Å². The van der Waals surface area contributed by atoms with Gasteiger partial charge in [-0.2, -0.15) is 4.31 Å². The van der Waals surface area contributed by atoms with E-state index >= 15 is 0 Å². The van der Waals surface area contributed by atoms with Crippen LogP contribution in [0.15, 0.2) is 53.4 Å². The average Bonchev–Trinajstić information content (AvgIpc) is 3.34. The van der Waals surface area contributed by atoms with Crippen molar-refractivity contribution in [2.24, 2.45) is 0 Å². The molecular weight excluding hydrogens is 394 g/mol. The first-order valence-corrected chi connectivity index (χ1v) is 10.7. The molecule has 2 heterocycles. The summed E-state index contributed by atoms with van der Waals surface area (Å²) in [5.41, 5.74) is 0.940. The summed E-state index contributed by atoms with van der Waals surface area (Å²) >= 11 is 0. The molecule has 29 heavy (non-hydrogen) atoms. The number of hydrogen-bond donors (Lipinski definition) is 1. The van der Waals surface area contributed by atoms with Gasteiger partial charge in [-0.1, -0.05) is 12.1 Å². The minimum atomic E-state index is -3.52. The van der Waals surface area contributed by atoms with Gasteiger partial charge in [0.15, 0.2) is 0 Å². The van der Waals surface area contributed by atoms with Crippen molar-refractivity contribution in [3.8, 4) is 0 Å². The van der Waals surface area contributed by atoms with Gasteiger partial charge < -0.3 is 5.32 Å². The summed E-state index contributed by atoms with van der Waals surface area (Å²) in [6, 6.07) is 12.3. The number of amides is 3. The molecule has 0 bridgehead atoms. The van der Waals surface area contributed by atoms with Crippen molar-refractivity contribution >= 4 is 33.4 Å². The molecule has 1 fully saturated rings. The molecule has 3 amide bonds. The quantitative estimate of drug-likeness (QED) is 0.752. The lowest BCUT2D eigenvalue weighted by molar-refractivity contribution is -0.116. The van der Waals surface area contributed by atoms with Gasteiger partial charge >= 0.3 is 0 Å². The first-order valence-electron chi connectivity index (χ1n) is 9.23. The van der Waals surface area contributed by atoms with Crippen LogP contribution in [0.4, 0.5) is 5.69 Å². The van der Waals surface area contributed by atoms with Gasteiger partial charge in [-0.05, 0) is 49.2 Å². The molecule has 0 spiro atoms. The molecule has 8 nitrogen and oxygen atoms in total. The number of rotatable bonds is 5. The van der Waals surface area contributed by atoms with Crippen molar-refractivity contribution < 1.29 is 22.8 Å². The van der Waals surface area contributed by atoms with E-state index in [1.54, 1.807) is 24.3 Å². The Kier molecular flexibility index (Phi) is 4.93. The molecule has 9 heteroatoms. The number of imide groups is 1. The van der Waals surface area contributed by atoms with Gasteiger partial charge in [0, 0.05) is 18.8 Å². The maximum Gasteiger partial charge on any atom is 0.262 e. The molecule has 2 aromatic carbocycles. The number of benzene rings is 2. The van der Waals surface area contributed by atoms with Crippen molar-refractivity contribution in [2.75, 3.05) is 25.0 Å². The lowest BCUT2D eigenvalue weighted by Crippen LogP contribution is -2.37. The van der Waals surface area contributed by atoms with Gasteiger partial charge in [0.05, 0.1) is 16.0 Å². The number of hydrogen-bond acceptors (Lipinski definition) is 5. The minimum absolute atomic E-state index is 0.165. The van der Waals surface area contributed by atoms with Gasteiger partial charge in [0.25, 0.3) is 11.8 Å². The molecule has 4 rings (SSSR count). The van der Waals surface area contributed by atoms with Crippen molar-refractivity contribution in [3.63, 3.8) is 0 Å². The molecule has 0 unspecified atom stereocenters. The molecule has 0 aliphatic carbocycles. The zero-order valence-corrected chi connectivity index (χ0v) is 16.3. The second-order valence-electron chi connectivity index (χ2n) is 6.93. The Morgan fingerprint density at radius 3 is 2.00 bits per heavy atom. The predicted octanol–water partition coefficient (Wildman–Crippen LogP) is 1.71. The second-order valence-corrected chi connectivity index (χ2v) is 8.86. The Labute approximate surface area is 168 Å².